The molecule has 0 amide bonds. The molecule has 0 spiro atoms. The summed E-state index contributed by atoms with van der Waals surface area (Å²) in [6, 6.07) is 0. The van der Waals surface area contributed by atoms with Crippen molar-refractivity contribution in [1.82, 2.24) is 0 Å². The van der Waals surface area contributed by atoms with E-state index >= 15 is 0 Å². The van der Waals surface area contributed by atoms with Crippen LogP contribution in [0, 0.1) is 0 Å². The Morgan fingerprint density at radius 3 is 1.08 bits per heavy atom. The van der Waals surface area contributed by atoms with Gasteiger partial charge in [-0.05, 0) is 6.92 Å². The molecule has 0 aromatic carbocycles. The topological polar surface area (TPSA) is 114 Å². The van der Waals surface area contributed by atoms with Gasteiger partial charge >= 0.3 is 103 Å². The Balaban J connectivity index is -0.000000405. The van der Waals surface area contributed by atoms with E-state index in [0.717, 1.165) is 0 Å². The second-order valence-electron chi connectivity index (χ2n) is 1.55. The molecule has 0 radical (unpaired) electrons. The van der Waals surface area contributed by atoms with Crippen molar-refractivity contribution >= 4 is 20.2 Å². The van der Waals surface area contributed by atoms with Crippen LogP contribution in [0.4, 0.5) is 0 Å². The van der Waals surface area contributed by atoms with E-state index in [1.807, 2.05) is 0 Å². The van der Waals surface area contributed by atoms with Crippen molar-refractivity contribution < 1.29 is 129 Å². The average molecular weight is 266 g/mol. The van der Waals surface area contributed by atoms with E-state index in [2.05, 4.69) is 0 Å². The smallest absolute Gasteiger partial charge is 0.747 e. The molecule has 12 heavy (non-hydrogen) atoms. The van der Waals surface area contributed by atoms with Crippen molar-refractivity contribution in [3.63, 3.8) is 0 Å². The van der Waals surface area contributed by atoms with Crippen LogP contribution in [0.2, 0.25) is 0 Å². The van der Waals surface area contributed by atoms with Gasteiger partial charge in [0, 0.05) is 0 Å². The van der Waals surface area contributed by atoms with Gasteiger partial charge in [-0.15, -0.1) is 0 Å². The third kappa shape index (κ3) is 8.41. The zero-order valence-corrected chi connectivity index (χ0v) is 14.7. The molecule has 0 fully saturated rings. The van der Waals surface area contributed by atoms with Gasteiger partial charge in [-0.1, -0.05) is 0 Å². The summed E-state index contributed by atoms with van der Waals surface area (Å²) in [6.45, 7) is 0.532. The average Bonchev–Trinajstić information content (AvgIpc) is 1.59. The van der Waals surface area contributed by atoms with Gasteiger partial charge in [0.15, 0.2) is 0 Å². The summed E-state index contributed by atoms with van der Waals surface area (Å²) < 4.78 is 56.7. The molecule has 0 aliphatic rings. The van der Waals surface area contributed by atoms with Crippen molar-refractivity contribution in [2.75, 3.05) is 0 Å². The summed E-state index contributed by atoms with van der Waals surface area (Å²) in [6.07, 6.45) is 0. The molecule has 0 aromatic rings. The molecule has 62 valence electrons. The predicted molar refractivity (Wildman–Crippen MR) is 28.9 cm³/mol. The van der Waals surface area contributed by atoms with E-state index in [1.165, 1.54) is 0 Å². The predicted octanol–water partition coefficient (Wildman–Crippen LogP) is -7.57. The molecule has 0 saturated heterocycles. The fourth-order valence-electron chi connectivity index (χ4n) is 0.144. The van der Waals surface area contributed by atoms with E-state index in [-0.39, 0.29) is 103 Å². The fraction of sp³-hybridized carbons (Fsp3) is 1.00. The van der Waals surface area contributed by atoms with E-state index in [0.29, 0.717) is 6.92 Å². The monoisotopic (exact) mass is 266 g/mol. The Labute approximate surface area is 156 Å². The molecule has 0 bridgehead atoms. The fourth-order valence-corrected chi connectivity index (χ4v) is 1.30. The maximum Gasteiger partial charge on any atom is 1.00 e. The Bertz CT molecular complexity index is 270. The summed E-state index contributed by atoms with van der Waals surface area (Å²) in [5.74, 6) is 0. The zero-order valence-electron chi connectivity index (χ0n) is 6.84. The largest absolute Gasteiger partial charge is 1.00 e. The minimum atomic E-state index is -5.01. The van der Waals surface area contributed by atoms with E-state index in [9.17, 15) is 25.9 Å². The summed E-state index contributed by atoms with van der Waals surface area (Å²) in [5, 5.41) is 0. The van der Waals surface area contributed by atoms with Crippen LogP contribution in [0.1, 0.15) is 6.92 Å². The van der Waals surface area contributed by atoms with Gasteiger partial charge in [0.2, 0.25) is 0 Å². The van der Waals surface area contributed by atoms with Crippen LogP contribution in [0.3, 0.4) is 0 Å². The molecule has 0 aromatic heterocycles. The Hall–Kier alpha value is 3.09. The first kappa shape index (κ1) is 20.5. The molecular weight excluding hydrogens is 262 g/mol. The van der Waals surface area contributed by atoms with Crippen LogP contribution >= 0.6 is 0 Å². The molecule has 0 heterocycles. The summed E-state index contributed by atoms with van der Waals surface area (Å²) in [4.78, 5) is 0. The third-order valence-corrected chi connectivity index (χ3v) is 3.85. The van der Waals surface area contributed by atoms with Crippen LogP contribution in [0.5, 0.6) is 0 Å². The van der Waals surface area contributed by atoms with Crippen LogP contribution in [-0.4, -0.2) is 30.5 Å². The second-order valence-corrected chi connectivity index (χ2v) is 5.24. The Morgan fingerprint density at radius 2 is 1.08 bits per heavy atom. The quantitative estimate of drug-likeness (QED) is 0.362. The molecule has 0 N–H and O–H groups in total. The molecule has 10 heteroatoms. The molecule has 0 rings (SSSR count). The van der Waals surface area contributed by atoms with Gasteiger partial charge in [0.05, 0.1) is 0 Å². The van der Waals surface area contributed by atoms with Crippen molar-refractivity contribution in [2.45, 2.75) is 11.5 Å². The number of rotatable bonds is 2. The first-order chi connectivity index (χ1) is 4.15. The van der Waals surface area contributed by atoms with Crippen LogP contribution < -0.4 is 103 Å². The van der Waals surface area contributed by atoms with Crippen LogP contribution in [0.25, 0.3) is 0 Å². The van der Waals surface area contributed by atoms with E-state index in [4.69, 9.17) is 0 Å². The standard InChI is InChI=1S/C2H6O6S2.2K/c1-2(9(3,4)5)10(6,7)8;;/h2H,1H3,(H,3,4,5)(H,6,7,8);;/q;2*+1/p-2. The minimum absolute atomic E-state index is 0. The van der Waals surface area contributed by atoms with Crippen molar-refractivity contribution in [3.05, 3.63) is 0 Å². The minimum Gasteiger partial charge on any atom is -0.747 e. The number of hydrogen-bond acceptors (Lipinski definition) is 6. The summed E-state index contributed by atoms with van der Waals surface area (Å²) in [7, 11) is -10.0. The van der Waals surface area contributed by atoms with E-state index in [1.54, 1.807) is 0 Å². The van der Waals surface area contributed by atoms with Crippen molar-refractivity contribution in [3.8, 4) is 0 Å². The van der Waals surface area contributed by atoms with Crippen molar-refractivity contribution in [2.24, 2.45) is 0 Å². The molecule has 0 unspecified atom stereocenters. The molecule has 0 atom stereocenters. The second kappa shape index (κ2) is 7.38. The van der Waals surface area contributed by atoms with Gasteiger partial charge in [-0.2, -0.15) is 0 Å². The van der Waals surface area contributed by atoms with Crippen LogP contribution in [0.15, 0.2) is 0 Å². The van der Waals surface area contributed by atoms with Gasteiger partial charge in [-0.3, -0.25) is 0 Å². The van der Waals surface area contributed by atoms with Gasteiger partial charge in [0.1, 0.15) is 24.8 Å². The molecule has 0 saturated carbocycles. The normalized spacial score (nSPS) is 11.7. The first-order valence-corrected chi connectivity index (χ1v) is 4.99. The molecular formula is C2H4K2O6S2. The first-order valence-electron chi connectivity index (χ1n) is 2.05. The Morgan fingerprint density at radius 1 is 0.917 bits per heavy atom. The Kier molecular flexibility index (Phi) is 12.6. The number of hydrogen-bond donors (Lipinski definition) is 0. The van der Waals surface area contributed by atoms with Crippen molar-refractivity contribution in [1.29, 1.82) is 0 Å². The maximum atomic E-state index is 9.84. The van der Waals surface area contributed by atoms with Crippen LogP contribution in [-0.2, 0) is 20.2 Å². The summed E-state index contributed by atoms with van der Waals surface area (Å²) >= 11 is 0. The molecule has 0 aliphatic heterocycles. The van der Waals surface area contributed by atoms with Gasteiger partial charge in [0.25, 0.3) is 0 Å². The molecule has 6 nitrogen and oxygen atoms in total. The zero-order chi connectivity index (χ0) is 8.58. The third-order valence-electron chi connectivity index (χ3n) is 0.813. The molecule has 0 aliphatic carbocycles. The summed E-state index contributed by atoms with van der Waals surface area (Å²) in [5.41, 5.74) is 0. The van der Waals surface area contributed by atoms with E-state index < -0.39 is 24.8 Å². The maximum absolute atomic E-state index is 9.84. The van der Waals surface area contributed by atoms with Gasteiger partial charge < -0.3 is 9.11 Å². The van der Waals surface area contributed by atoms with Gasteiger partial charge in [-0.25, -0.2) is 16.8 Å². The SMILES string of the molecule is CC(S(=O)(=O)[O-])S(=O)(=O)[O-].[K+].[K+].